The van der Waals surface area contributed by atoms with E-state index in [1.165, 1.54) is 5.57 Å². The summed E-state index contributed by atoms with van der Waals surface area (Å²) in [5.41, 5.74) is 2.32. The van der Waals surface area contributed by atoms with Gasteiger partial charge in [0.2, 0.25) is 0 Å². The van der Waals surface area contributed by atoms with Gasteiger partial charge in [0.05, 0.1) is 11.8 Å². The summed E-state index contributed by atoms with van der Waals surface area (Å²) in [4.78, 5) is 22.2. The molecule has 2 unspecified atom stereocenters. The quantitative estimate of drug-likeness (QED) is 0.386. The van der Waals surface area contributed by atoms with Crippen molar-refractivity contribution < 1.29 is 14.3 Å². The van der Waals surface area contributed by atoms with Crippen LogP contribution in [0.25, 0.3) is 0 Å². The van der Waals surface area contributed by atoms with Crippen LogP contribution in [0.1, 0.15) is 6.42 Å². The van der Waals surface area contributed by atoms with Crippen LogP contribution in [0.5, 0.6) is 0 Å². The first-order valence-corrected chi connectivity index (χ1v) is 3.93. The third-order valence-electron chi connectivity index (χ3n) is 2.63. The minimum Gasteiger partial charge on any atom is -0.392 e. The van der Waals surface area contributed by atoms with Gasteiger partial charge in [0.1, 0.15) is 0 Å². The minimum atomic E-state index is -0.389. The van der Waals surface area contributed by atoms with E-state index in [4.69, 9.17) is 0 Å². The Morgan fingerprint density at radius 2 is 2.17 bits per heavy atom. The molecule has 0 bridgehead atoms. The molecule has 2 aliphatic carbocycles. The van der Waals surface area contributed by atoms with Crippen LogP contribution >= 0.6 is 0 Å². The normalized spacial score (nSPS) is 36.3. The largest absolute Gasteiger partial charge is 0.392 e. The van der Waals surface area contributed by atoms with E-state index in [2.05, 4.69) is 4.74 Å². The number of ether oxygens (including phenoxy) is 1. The van der Waals surface area contributed by atoms with Crippen LogP contribution < -0.4 is 0 Å². The van der Waals surface area contributed by atoms with Crippen LogP contribution in [-0.4, -0.2) is 11.9 Å². The molecule has 12 heavy (non-hydrogen) atoms. The number of carbonyl (C=O) groups excluding carboxylic acids is 2. The Labute approximate surface area is 68.7 Å². The third-order valence-corrected chi connectivity index (χ3v) is 2.63. The molecule has 1 fully saturated rings. The lowest BCUT2D eigenvalue weighted by molar-refractivity contribution is -0.153. The van der Waals surface area contributed by atoms with Gasteiger partial charge >= 0.3 is 11.9 Å². The van der Waals surface area contributed by atoms with Crippen molar-refractivity contribution in [1.29, 1.82) is 0 Å². The second kappa shape index (κ2) is 1.68. The fourth-order valence-electron chi connectivity index (χ4n) is 1.92. The highest BCUT2D eigenvalue weighted by Crippen LogP contribution is 2.48. The molecule has 3 heteroatoms. The number of cyclic esters (lactones) is 2. The SMILES string of the molecule is O=C1OC(=O)C2C3=C(C=CC12)C3. The predicted octanol–water partition coefficient (Wildman–Crippen LogP) is 0.572. The van der Waals surface area contributed by atoms with Gasteiger partial charge in [0, 0.05) is 0 Å². The molecule has 0 N–H and O–H groups in total. The molecule has 0 saturated carbocycles. The molecule has 1 aliphatic heterocycles. The average Bonchev–Trinajstić information content (AvgIpc) is 2.74. The van der Waals surface area contributed by atoms with Gasteiger partial charge < -0.3 is 4.74 Å². The summed E-state index contributed by atoms with van der Waals surface area (Å²) in [7, 11) is 0. The predicted molar refractivity (Wildman–Crippen MR) is 38.9 cm³/mol. The Balaban J connectivity index is 2.09. The van der Waals surface area contributed by atoms with Crippen molar-refractivity contribution in [2.24, 2.45) is 11.8 Å². The van der Waals surface area contributed by atoms with Gasteiger partial charge in [-0.15, -0.1) is 0 Å². The van der Waals surface area contributed by atoms with Crippen LogP contribution in [0, 0.1) is 11.8 Å². The minimum absolute atomic E-state index is 0.266. The number of hydrogen-bond donors (Lipinski definition) is 0. The summed E-state index contributed by atoms with van der Waals surface area (Å²) in [6.45, 7) is 0. The third kappa shape index (κ3) is 0.570. The average molecular weight is 162 g/mol. The van der Waals surface area contributed by atoms with Crippen molar-refractivity contribution in [3.05, 3.63) is 23.3 Å². The van der Waals surface area contributed by atoms with Crippen molar-refractivity contribution in [2.75, 3.05) is 0 Å². The first-order chi connectivity index (χ1) is 5.77. The van der Waals surface area contributed by atoms with Crippen LogP contribution in [0.2, 0.25) is 0 Å². The summed E-state index contributed by atoms with van der Waals surface area (Å²) in [6.07, 6.45) is 4.60. The van der Waals surface area contributed by atoms with Crippen LogP contribution in [-0.2, 0) is 14.3 Å². The maximum atomic E-state index is 11.1. The smallest absolute Gasteiger partial charge is 0.321 e. The molecule has 3 rings (SSSR count). The van der Waals surface area contributed by atoms with E-state index in [1.54, 1.807) is 6.08 Å². The van der Waals surface area contributed by atoms with Gasteiger partial charge in [-0.3, -0.25) is 9.59 Å². The molecule has 0 aromatic rings. The number of rotatable bonds is 0. The van der Waals surface area contributed by atoms with Gasteiger partial charge in [-0.1, -0.05) is 12.2 Å². The number of carbonyl (C=O) groups is 2. The summed E-state index contributed by atoms with van der Waals surface area (Å²) in [5, 5.41) is 0. The van der Waals surface area contributed by atoms with E-state index < -0.39 is 0 Å². The summed E-state index contributed by atoms with van der Waals surface area (Å²) in [5.74, 6) is -1.34. The molecule has 3 nitrogen and oxygen atoms in total. The molecule has 1 saturated heterocycles. The Bertz CT molecular complexity index is 362. The van der Waals surface area contributed by atoms with E-state index in [1.807, 2.05) is 6.08 Å². The van der Waals surface area contributed by atoms with Crippen molar-refractivity contribution in [3.63, 3.8) is 0 Å². The lowest BCUT2D eigenvalue weighted by Crippen LogP contribution is -2.15. The molecule has 0 spiro atoms. The van der Waals surface area contributed by atoms with E-state index in [9.17, 15) is 9.59 Å². The lowest BCUT2D eigenvalue weighted by Gasteiger charge is -2.06. The van der Waals surface area contributed by atoms with E-state index >= 15 is 0 Å². The molecular formula is C9H6O3. The molecule has 0 aromatic heterocycles. The summed E-state index contributed by atoms with van der Waals surface area (Å²) in [6, 6.07) is 0. The van der Waals surface area contributed by atoms with E-state index in [0.29, 0.717) is 0 Å². The second-order valence-corrected chi connectivity index (χ2v) is 3.33. The van der Waals surface area contributed by atoms with Crippen molar-refractivity contribution in [2.45, 2.75) is 6.42 Å². The molecule has 3 aliphatic rings. The number of hydrogen-bond acceptors (Lipinski definition) is 3. The summed E-state index contributed by atoms with van der Waals surface area (Å²) >= 11 is 0. The highest BCUT2D eigenvalue weighted by molar-refractivity contribution is 6.00. The van der Waals surface area contributed by atoms with Gasteiger partial charge in [0.15, 0.2) is 0 Å². The zero-order valence-electron chi connectivity index (χ0n) is 6.24. The molecule has 0 radical (unpaired) electrons. The van der Waals surface area contributed by atoms with Crippen molar-refractivity contribution >= 4 is 11.9 Å². The number of esters is 2. The van der Waals surface area contributed by atoms with Gasteiger partial charge in [-0.25, -0.2) is 0 Å². The van der Waals surface area contributed by atoms with Gasteiger partial charge in [-0.05, 0) is 17.6 Å². The van der Waals surface area contributed by atoms with Crippen LogP contribution in [0.15, 0.2) is 23.3 Å². The molecule has 60 valence electrons. The Morgan fingerprint density at radius 1 is 1.33 bits per heavy atom. The maximum Gasteiger partial charge on any atom is 0.321 e. The van der Waals surface area contributed by atoms with Crippen LogP contribution in [0.3, 0.4) is 0 Å². The van der Waals surface area contributed by atoms with Gasteiger partial charge in [-0.2, -0.15) is 0 Å². The fraction of sp³-hybridized carbons (Fsp3) is 0.333. The Hall–Kier alpha value is -1.38. The monoisotopic (exact) mass is 162 g/mol. The first kappa shape index (κ1) is 6.17. The Kier molecular flexibility index (Phi) is 0.865. The van der Waals surface area contributed by atoms with Crippen molar-refractivity contribution in [1.82, 2.24) is 0 Å². The summed E-state index contributed by atoms with van der Waals surface area (Å²) < 4.78 is 4.54. The first-order valence-electron chi connectivity index (χ1n) is 3.93. The van der Waals surface area contributed by atoms with E-state index in [-0.39, 0.29) is 23.8 Å². The topological polar surface area (TPSA) is 43.4 Å². The molecule has 2 atom stereocenters. The van der Waals surface area contributed by atoms with E-state index in [0.717, 1.165) is 12.0 Å². The number of allylic oxidation sites excluding steroid dienone is 2. The lowest BCUT2D eigenvalue weighted by atomic mass is 9.90. The molecule has 1 heterocycles. The van der Waals surface area contributed by atoms with Crippen LogP contribution in [0.4, 0.5) is 0 Å². The second-order valence-electron chi connectivity index (χ2n) is 3.33. The zero-order chi connectivity index (χ0) is 8.29. The fourth-order valence-corrected chi connectivity index (χ4v) is 1.92. The maximum absolute atomic E-state index is 11.1. The highest BCUT2D eigenvalue weighted by Gasteiger charge is 2.50. The molecule has 0 amide bonds. The van der Waals surface area contributed by atoms with Gasteiger partial charge in [0.25, 0.3) is 0 Å². The zero-order valence-corrected chi connectivity index (χ0v) is 6.24. The number of fused-ring (bicyclic) bond motifs is 2. The molecule has 0 aromatic carbocycles. The highest BCUT2D eigenvalue weighted by atomic mass is 16.6. The standard InChI is InChI=1S/C9H6O3/c10-8-5-2-1-4-3-6(4)7(5)9(11)12-8/h1-2,5,7H,3H2. The van der Waals surface area contributed by atoms with Crippen molar-refractivity contribution in [3.8, 4) is 0 Å². The Morgan fingerprint density at radius 3 is 3.00 bits per heavy atom. The molecular weight excluding hydrogens is 156 g/mol.